The Morgan fingerprint density at radius 1 is 0.703 bits per heavy atom. The predicted octanol–water partition coefficient (Wildman–Crippen LogP) is 4.27. The van der Waals surface area contributed by atoms with Gasteiger partial charge in [0.15, 0.2) is 5.75 Å². The summed E-state index contributed by atoms with van der Waals surface area (Å²) in [6.07, 6.45) is 0. The molecule has 0 unspecified atom stereocenters. The molecule has 0 atom stereocenters. The Balaban J connectivity index is 1.63. The number of aromatic nitrogens is 1. The second-order valence-electron chi connectivity index (χ2n) is 12.8. The van der Waals surface area contributed by atoms with Crippen molar-refractivity contribution in [2.24, 2.45) is 36.4 Å². The number of rotatable bonds is 17. The van der Waals surface area contributed by atoms with Crippen molar-refractivity contribution in [3.63, 3.8) is 0 Å². The molecular weight excluding hydrogens is 917 g/mol. The lowest BCUT2D eigenvalue weighted by atomic mass is 10.1. The number of nitrogens with zero attached hydrogens (tertiary/aromatic N) is 7. The summed E-state index contributed by atoms with van der Waals surface area (Å²) < 4.78 is 115. The Labute approximate surface area is 360 Å². The Bertz CT molecular complexity index is 3210. The fraction of sp³-hybridized carbons (Fsp3) is 0.200. The number of pyridine rings is 1. The van der Waals surface area contributed by atoms with Crippen LogP contribution in [0.25, 0.3) is 10.8 Å². The predicted molar refractivity (Wildman–Crippen MR) is 219 cm³/mol. The number of carbonyl (C=O) groups is 1. The fourth-order valence-corrected chi connectivity index (χ4v) is 7.64. The van der Waals surface area contributed by atoms with E-state index >= 15 is 0 Å². The van der Waals surface area contributed by atoms with Crippen molar-refractivity contribution in [2.75, 3.05) is 26.4 Å². The number of hydrogen-bond acceptors (Lipinski definition) is 21. The minimum atomic E-state index is -5.30. The molecule has 0 aliphatic heterocycles. The second kappa shape index (κ2) is 18.8. The molecular formula is C35H34N8O18S3. The van der Waals surface area contributed by atoms with E-state index in [1.165, 1.54) is 13.8 Å². The first-order valence-corrected chi connectivity index (χ1v) is 22.0. The summed E-state index contributed by atoms with van der Waals surface area (Å²) in [4.78, 5) is 21.7. The molecule has 0 bridgehead atoms. The fourth-order valence-electron chi connectivity index (χ4n) is 5.80. The summed E-state index contributed by atoms with van der Waals surface area (Å²) in [5.74, 6) is -4.51. The molecule has 0 saturated carbocycles. The number of phenolic OH excluding ortho intramolecular Hbond substituents is 2. The molecule has 5 rings (SSSR count). The molecule has 5 aromatic rings. The molecule has 1 amide bonds. The lowest BCUT2D eigenvalue weighted by molar-refractivity contribution is 0.0997. The van der Waals surface area contributed by atoms with Gasteiger partial charge in [0, 0.05) is 30.3 Å². The zero-order valence-electron chi connectivity index (χ0n) is 32.7. The molecule has 0 aliphatic rings. The van der Waals surface area contributed by atoms with E-state index in [0.717, 1.165) is 34.9 Å². The number of hydrogen-bond donors (Lipinski definition) is 9. The molecule has 0 spiro atoms. The van der Waals surface area contributed by atoms with Crippen LogP contribution in [0, 0.1) is 6.92 Å². The highest BCUT2D eigenvalue weighted by molar-refractivity contribution is 7.86. The zero-order chi connectivity index (χ0) is 47.5. The van der Waals surface area contributed by atoms with Gasteiger partial charge in [-0.2, -0.15) is 30.4 Å². The van der Waals surface area contributed by atoms with Crippen LogP contribution in [0.5, 0.6) is 28.9 Å². The Morgan fingerprint density at radius 3 is 1.77 bits per heavy atom. The molecule has 64 heavy (non-hydrogen) atoms. The molecule has 340 valence electrons. The summed E-state index contributed by atoms with van der Waals surface area (Å²) >= 11 is 0. The number of carbonyl (C=O) groups excluding carboxylic acids is 1. The van der Waals surface area contributed by atoms with E-state index < -0.39 is 128 Å². The van der Waals surface area contributed by atoms with Crippen LogP contribution in [0.1, 0.15) is 22.8 Å². The largest absolute Gasteiger partial charge is 0.507 e. The van der Waals surface area contributed by atoms with Crippen molar-refractivity contribution in [1.29, 1.82) is 0 Å². The van der Waals surface area contributed by atoms with Crippen LogP contribution in [-0.2, 0) is 36.9 Å². The standard InChI is InChI=1S/C35H34N8O18S3/c1-3-43-34(49)28(33(36)48)16(2)30(35(43)50)41-37-18-4-5-20(26(12-18)63(54,55)56)38-39-21-14-25(61-9-7-45)22(15-24(21)60-8-6-44)40-42-31-27(64(57,58)59)11-17-10-19(62(51,52)53)13-23(46)29(17)32(31)47/h4-5,10-15,44-47,50H,3,6-9H2,1-2H3,(H2,36,48)(H,51,52,53)(H,54,55,56)(H,57,58,59)/b39-38+,41-37+,42-40+. The lowest BCUT2D eigenvalue weighted by Crippen LogP contribution is -2.30. The number of amides is 1. The highest BCUT2D eigenvalue weighted by Crippen LogP contribution is 2.47. The smallest absolute Gasteiger partial charge is 0.296 e. The minimum Gasteiger partial charge on any atom is -0.507 e. The van der Waals surface area contributed by atoms with E-state index in [1.807, 2.05) is 0 Å². The first-order valence-electron chi connectivity index (χ1n) is 17.7. The van der Waals surface area contributed by atoms with Crippen LogP contribution in [0.4, 0.5) is 34.1 Å². The van der Waals surface area contributed by atoms with Gasteiger partial charge in [0.05, 0.1) is 29.2 Å². The summed E-state index contributed by atoms with van der Waals surface area (Å²) in [5.41, 5.74) is 1.08. The van der Waals surface area contributed by atoms with Gasteiger partial charge in [0.1, 0.15) is 74.3 Å². The maximum absolute atomic E-state index is 12.6. The normalized spacial score (nSPS) is 12.5. The molecule has 10 N–H and O–H groups in total. The third kappa shape index (κ3) is 10.3. The van der Waals surface area contributed by atoms with Crippen LogP contribution in [-0.4, -0.2) is 101 Å². The molecule has 0 radical (unpaired) electrons. The van der Waals surface area contributed by atoms with E-state index in [4.69, 9.17) is 15.2 Å². The number of nitrogens with two attached hydrogens (primary N) is 1. The number of azo groups is 3. The van der Waals surface area contributed by atoms with Crippen molar-refractivity contribution in [1.82, 2.24) is 4.57 Å². The van der Waals surface area contributed by atoms with E-state index in [2.05, 4.69) is 30.7 Å². The number of fused-ring (bicyclic) bond motifs is 1. The second-order valence-corrected chi connectivity index (χ2v) is 17.0. The van der Waals surface area contributed by atoms with Crippen LogP contribution in [0.15, 0.2) is 98.7 Å². The zero-order valence-corrected chi connectivity index (χ0v) is 35.2. The van der Waals surface area contributed by atoms with Crippen molar-refractivity contribution >= 4 is 81.2 Å². The van der Waals surface area contributed by atoms with Crippen molar-refractivity contribution in [3.05, 3.63) is 70.0 Å². The molecule has 29 heteroatoms. The van der Waals surface area contributed by atoms with Gasteiger partial charge in [0.2, 0.25) is 5.88 Å². The van der Waals surface area contributed by atoms with Crippen LogP contribution >= 0.6 is 0 Å². The van der Waals surface area contributed by atoms with E-state index in [1.54, 1.807) is 0 Å². The van der Waals surface area contributed by atoms with Gasteiger partial charge < -0.3 is 40.7 Å². The monoisotopic (exact) mass is 950 g/mol. The quantitative estimate of drug-likeness (QED) is 0.0464. The number of benzene rings is 4. The highest BCUT2D eigenvalue weighted by atomic mass is 32.2. The van der Waals surface area contributed by atoms with Gasteiger partial charge in [-0.25, -0.2) is 0 Å². The first kappa shape index (κ1) is 48.0. The minimum absolute atomic E-state index is 0.0959. The number of aliphatic hydroxyl groups is 2. The maximum Gasteiger partial charge on any atom is 0.296 e. The van der Waals surface area contributed by atoms with Gasteiger partial charge in [-0.3, -0.25) is 27.8 Å². The molecule has 1 aromatic heterocycles. The molecule has 1 heterocycles. The van der Waals surface area contributed by atoms with Gasteiger partial charge in [-0.05, 0) is 49.6 Å². The Morgan fingerprint density at radius 2 is 1.25 bits per heavy atom. The number of ether oxygens (including phenoxy) is 2. The molecule has 26 nitrogen and oxygen atoms in total. The third-order valence-electron chi connectivity index (χ3n) is 8.65. The summed E-state index contributed by atoms with van der Waals surface area (Å²) in [5, 5.41) is 73.4. The van der Waals surface area contributed by atoms with Crippen LogP contribution in [0.2, 0.25) is 0 Å². The highest BCUT2D eigenvalue weighted by Gasteiger charge is 2.27. The third-order valence-corrected chi connectivity index (χ3v) is 11.2. The molecule has 4 aromatic carbocycles. The van der Waals surface area contributed by atoms with E-state index in [-0.39, 0.29) is 46.4 Å². The Kier molecular flexibility index (Phi) is 14.1. The number of primary amides is 1. The van der Waals surface area contributed by atoms with Crippen LogP contribution < -0.4 is 20.8 Å². The number of phenols is 2. The van der Waals surface area contributed by atoms with E-state index in [9.17, 15) is 74.0 Å². The summed E-state index contributed by atoms with van der Waals surface area (Å²) in [6, 6.07) is 6.91. The average Bonchev–Trinajstić information content (AvgIpc) is 3.20. The van der Waals surface area contributed by atoms with Gasteiger partial charge in [0.25, 0.3) is 41.8 Å². The van der Waals surface area contributed by atoms with Crippen molar-refractivity contribution < 1.29 is 78.7 Å². The average molecular weight is 951 g/mol. The van der Waals surface area contributed by atoms with Gasteiger partial charge >= 0.3 is 0 Å². The number of aliphatic hydroxyl groups excluding tert-OH is 2. The maximum atomic E-state index is 12.6. The molecule has 0 fully saturated rings. The topological polar surface area (TPSA) is 422 Å². The first-order chi connectivity index (χ1) is 29.9. The van der Waals surface area contributed by atoms with Gasteiger partial charge in [-0.1, -0.05) is 0 Å². The SMILES string of the molecule is CCn1c(O)c(/N=N/c2ccc(/N=N/c3cc(OCCO)c(/N=N/c4c(S(=O)(=O)O)cc5cc(S(=O)(=O)O)cc(O)c5c4O)cc3OCCO)c(S(=O)(=O)O)c2)c(C)c(C(N)=O)c1=O. The summed E-state index contributed by atoms with van der Waals surface area (Å²) in [6.45, 7) is 0.655. The van der Waals surface area contributed by atoms with E-state index in [0.29, 0.717) is 18.2 Å². The molecule has 0 aliphatic carbocycles. The van der Waals surface area contributed by atoms with Crippen LogP contribution in [0.3, 0.4) is 0 Å². The lowest BCUT2D eigenvalue weighted by Gasteiger charge is -2.13. The van der Waals surface area contributed by atoms with Crippen molar-refractivity contribution in [3.8, 4) is 28.9 Å². The number of aromatic hydroxyl groups is 3. The van der Waals surface area contributed by atoms with Gasteiger partial charge in [-0.15, -0.1) is 25.6 Å². The molecule has 0 saturated heterocycles. The summed E-state index contributed by atoms with van der Waals surface area (Å²) in [7, 11) is -15.4. The van der Waals surface area contributed by atoms with Crippen molar-refractivity contribution in [2.45, 2.75) is 35.1 Å². The Hall–Kier alpha value is -6.99.